The molecule has 1 aliphatic heterocycles. The smallest absolute Gasteiger partial charge is 0.326 e. The first kappa shape index (κ1) is 21.5. The second-order valence-corrected chi connectivity index (χ2v) is 7.75. The highest BCUT2D eigenvalue weighted by Gasteiger charge is 2.48. The number of imide groups is 1. The van der Waals surface area contributed by atoms with Crippen molar-refractivity contribution in [2.75, 3.05) is 32.6 Å². The van der Waals surface area contributed by atoms with Gasteiger partial charge in [-0.1, -0.05) is 12.8 Å². The van der Waals surface area contributed by atoms with Crippen molar-refractivity contribution < 1.29 is 28.7 Å². The van der Waals surface area contributed by atoms with Crippen LogP contribution in [0.15, 0.2) is 24.3 Å². The van der Waals surface area contributed by atoms with Crippen LogP contribution in [0.4, 0.5) is 5.69 Å². The van der Waals surface area contributed by atoms with Gasteiger partial charge in [0.05, 0.1) is 11.8 Å². The summed E-state index contributed by atoms with van der Waals surface area (Å²) >= 11 is 0. The van der Waals surface area contributed by atoms with E-state index in [1.807, 2.05) is 0 Å². The molecular formula is C21H25N3O6. The van der Waals surface area contributed by atoms with Crippen molar-refractivity contribution in [3.8, 4) is 0 Å². The van der Waals surface area contributed by atoms with Crippen LogP contribution in [0.5, 0.6) is 0 Å². The van der Waals surface area contributed by atoms with Crippen LogP contribution in [-0.2, 0) is 23.9 Å². The third kappa shape index (κ3) is 4.67. The fraction of sp³-hybridized carbons (Fsp3) is 0.476. The molecule has 1 aromatic carbocycles. The Morgan fingerprint density at radius 2 is 1.60 bits per heavy atom. The van der Waals surface area contributed by atoms with Crippen molar-refractivity contribution in [3.63, 3.8) is 0 Å². The minimum absolute atomic E-state index is 0.160. The van der Waals surface area contributed by atoms with E-state index in [4.69, 9.17) is 4.74 Å². The number of likely N-dealkylation sites (tertiary alicyclic amines) is 1. The van der Waals surface area contributed by atoms with E-state index in [9.17, 15) is 24.0 Å². The summed E-state index contributed by atoms with van der Waals surface area (Å²) in [5.41, 5.74) is 0.922. The zero-order valence-electron chi connectivity index (χ0n) is 17.1. The Hall–Kier alpha value is -3.23. The van der Waals surface area contributed by atoms with Crippen LogP contribution in [0.3, 0.4) is 0 Å². The number of anilines is 1. The summed E-state index contributed by atoms with van der Waals surface area (Å²) in [4.78, 5) is 63.1. The van der Waals surface area contributed by atoms with E-state index in [1.54, 1.807) is 38.4 Å². The third-order valence-electron chi connectivity index (χ3n) is 5.41. The lowest BCUT2D eigenvalue weighted by Crippen LogP contribution is -2.37. The molecular weight excluding hydrogens is 390 g/mol. The van der Waals surface area contributed by atoms with E-state index >= 15 is 0 Å². The van der Waals surface area contributed by atoms with Crippen LogP contribution in [-0.4, -0.2) is 66.6 Å². The summed E-state index contributed by atoms with van der Waals surface area (Å²) < 4.78 is 4.92. The molecule has 1 heterocycles. The summed E-state index contributed by atoms with van der Waals surface area (Å²) in [6.45, 7) is -1.01. The number of hydrogen-bond acceptors (Lipinski definition) is 6. The standard InChI is InChI=1S/C21H25N3O6/c1-23(2)19(27)13-7-9-14(10-8-13)22-17(25)12-30-18(26)11-24-20(28)15-5-3-4-6-16(15)21(24)29/h7-10,15-16H,3-6,11-12H2,1-2H3,(H,22,25)/t15-,16-/m1/s1. The molecule has 2 aliphatic rings. The Kier molecular flexibility index (Phi) is 6.49. The first-order valence-corrected chi connectivity index (χ1v) is 9.90. The van der Waals surface area contributed by atoms with E-state index in [1.165, 1.54) is 4.90 Å². The number of hydrogen-bond donors (Lipinski definition) is 1. The van der Waals surface area contributed by atoms with Crippen molar-refractivity contribution >= 4 is 35.3 Å². The summed E-state index contributed by atoms with van der Waals surface area (Å²) in [6, 6.07) is 6.29. The molecule has 0 bridgehead atoms. The second-order valence-electron chi connectivity index (χ2n) is 7.75. The van der Waals surface area contributed by atoms with Gasteiger partial charge in [0, 0.05) is 25.3 Å². The molecule has 9 nitrogen and oxygen atoms in total. The van der Waals surface area contributed by atoms with E-state index in [0.29, 0.717) is 24.1 Å². The molecule has 0 spiro atoms. The molecule has 1 aromatic rings. The molecule has 160 valence electrons. The normalized spacial score (nSPS) is 20.5. The molecule has 0 radical (unpaired) electrons. The van der Waals surface area contributed by atoms with Gasteiger partial charge in [-0.3, -0.25) is 28.9 Å². The Labute approximate surface area is 174 Å². The number of amides is 4. The molecule has 9 heteroatoms. The summed E-state index contributed by atoms with van der Waals surface area (Å²) in [5.74, 6) is -2.83. The Bertz CT molecular complexity index is 840. The summed E-state index contributed by atoms with van der Waals surface area (Å²) in [6.07, 6.45) is 3.15. The molecule has 3 rings (SSSR count). The molecule has 0 aromatic heterocycles. The lowest BCUT2D eigenvalue weighted by atomic mass is 9.81. The molecule has 4 amide bonds. The average Bonchev–Trinajstić information content (AvgIpc) is 2.97. The first-order chi connectivity index (χ1) is 14.3. The van der Waals surface area contributed by atoms with E-state index in [-0.39, 0.29) is 29.6 Å². The minimum Gasteiger partial charge on any atom is -0.454 e. The fourth-order valence-corrected chi connectivity index (χ4v) is 3.86. The number of benzene rings is 1. The molecule has 1 saturated heterocycles. The Morgan fingerprint density at radius 1 is 1.03 bits per heavy atom. The number of rotatable bonds is 6. The number of carbonyl (C=O) groups excluding carboxylic acids is 5. The van der Waals surface area contributed by atoms with Gasteiger partial charge in [0.1, 0.15) is 6.54 Å². The van der Waals surface area contributed by atoms with Crippen molar-refractivity contribution in [2.24, 2.45) is 11.8 Å². The second kappa shape index (κ2) is 9.06. The maximum Gasteiger partial charge on any atom is 0.326 e. The van der Waals surface area contributed by atoms with Crippen molar-refractivity contribution in [1.29, 1.82) is 0 Å². The van der Waals surface area contributed by atoms with Crippen LogP contribution >= 0.6 is 0 Å². The number of fused-ring (bicyclic) bond motifs is 1. The highest BCUT2D eigenvalue weighted by molar-refractivity contribution is 6.07. The lowest BCUT2D eigenvalue weighted by Gasteiger charge is -2.19. The maximum absolute atomic E-state index is 12.4. The van der Waals surface area contributed by atoms with Gasteiger partial charge < -0.3 is 15.0 Å². The number of nitrogens with one attached hydrogen (secondary N) is 1. The van der Waals surface area contributed by atoms with Crippen LogP contribution in [0.2, 0.25) is 0 Å². The predicted octanol–water partition coefficient (Wildman–Crippen LogP) is 1.05. The lowest BCUT2D eigenvalue weighted by molar-refractivity contribution is -0.154. The monoisotopic (exact) mass is 415 g/mol. The molecule has 2 fully saturated rings. The number of carbonyl (C=O) groups is 5. The van der Waals surface area contributed by atoms with Crippen molar-refractivity contribution in [1.82, 2.24) is 9.80 Å². The fourth-order valence-electron chi connectivity index (χ4n) is 3.86. The van der Waals surface area contributed by atoms with Gasteiger partial charge in [0.15, 0.2) is 6.61 Å². The number of ether oxygens (including phenoxy) is 1. The van der Waals surface area contributed by atoms with Crippen LogP contribution < -0.4 is 5.32 Å². The van der Waals surface area contributed by atoms with Gasteiger partial charge in [-0.15, -0.1) is 0 Å². The van der Waals surface area contributed by atoms with Crippen LogP contribution in [0.25, 0.3) is 0 Å². The topological polar surface area (TPSA) is 113 Å². The summed E-state index contributed by atoms with van der Waals surface area (Å²) in [7, 11) is 3.28. The zero-order chi connectivity index (χ0) is 21.8. The largest absolute Gasteiger partial charge is 0.454 e. The van der Waals surface area contributed by atoms with Crippen LogP contribution in [0.1, 0.15) is 36.0 Å². The van der Waals surface area contributed by atoms with Gasteiger partial charge in [-0.05, 0) is 37.1 Å². The third-order valence-corrected chi connectivity index (χ3v) is 5.41. The van der Waals surface area contributed by atoms with E-state index < -0.39 is 25.0 Å². The predicted molar refractivity (Wildman–Crippen MR) is 106 cm³/mol. The first-order valence-electron chi connectivity index (χ1n) is 9.90. The van der Waals surface area contributed by atoms with Crippen LogP contribution in [0, 0.1) is 11.8 Å². The number of esters is 1. The molecule has 1 N–H and O–H groups in total. The Balaban J connectivity index is 1.47. The maximum atomic E-state index is 12.4. The SMILES string of the molecule is CN(C)C(=O)c1ccc(NC(=O)COC(=O)CN2C(=O)[C@@H]3CCCC[C@H]3C2=O)cc1. The van der Waals surface area contributed by atoms with E-state index in [2.05, 4.69) is 5.32 Å². The molecule has 1 aliphatic carbocycles. The van der Waals surface area contributed by atoms with Gasteiger partial charge in [-0.25, -0.2) is 0 Å². The van der Waals surface area contributed by atoms with Gasteiger partial charge in [0.25, 0.3) is 11.8 Å². The zero-order valence-corrected chi connectivity index (χ0v) is 17.1. The quantitative estimate of drug-likeness (QED) is 0.549. The molecule has 30 heavy (non-hydrogen) atoms. The van der Waals surface area contributed by atoms with Gasteiger partial charge in [0.2, 0.25) is 11.8 Å². The van der Waals surface area contributed by atoms with Crippen molar-refractivity contribution in [2.45, 2.75) is 25.7 Å². The number of nitrogens with zero attached hydrogens (tertiary/aromatic N) is 2. The van der Waals surface area contributed by atoms with Gasteiger partial charge >= 0.3 is 5.97 Å². The molecule has 2 atom stereocenters. The molecule has 1 saturated carbocycles. The van der Waals surface area contributed by atoms with Crippen molar-refractivity contribution in [3.05, 3.63) is 29.8 Å². The Morgan fingerprint density at radius 3 is 2.13 bits per heavy atom. The molecule has 0 unspecified atom stereocenters. The summed E-state index contributed by atoms with van der Waals surface area (Å²) in [5, 5.41) is 2.56. The highest BCUT2D eigenvalue weighted by Crippen LogP contribution is 2.37. The minimum atomic E-state index is -0.808. The average molecular weight is 415 g/mol. The van der Waals surface area contributed by atoms with E-state index in [0.717, 1.165) is 17.7 Å². The highest BCUT2D eigenvalue weighted by atomic mass is 16.5. The van der Waals surface area contributed by atoms with Gasteiger partial charge in [-0.2, -0.15) is 0 Å².